The van der Waals surface area contributed by atoms with E-state index in [1.807, 2.05) is 0 Å². The van der Waals surface area contributed by atoms with E-state index in [-0.39, 0.29) is 35.9 Å². The number of nitro benzene ring substituents is 1. The molecule has 26 heavy (non-hydrogen) atoms. The number of hydrogen-bond donors (Lipinski definition) is 1. The molecule has 0 unspecified atom stereocenters. The molecule has 0 spiro atoms. The number of carboxylic acid groups (broad SMARTS) is 1. The molecule has 0 radical (unpaired) electrons. The molecule has 2 heterocycles. The Morgan fingerprint density at radius 2 is 2.19 bits per heavy atom. The van der Waals surface area contributed by atoms with Gasteiger partial charge in [0.05, 0.1) is 10.3 Å². The summed E-state index contributed by atoms with van der Waals surface area (Å²) < 4.78 is 5.72. The zero-order valence-corrected chi connectivity index (χ0v) is 14.0. The largest absolute Gasteiger partial charge is 0.488 e. The molecule has 136 valence electrons. The summed E-state index contributed by atoms with van der Waals surface area (Å²) >= 11 is 0. The number of fused-ring (bicyclic) bond motifs is 1. The molecule has 9 nitrogen and oxygen atoms in total. The molecule has 2 aromatic rings. The highest BCUT2D eigenvalue weighted by atomic mass is 16.6. The van der Waals surface area contributed by atoms with E-state index >= 15 is 0 Å². The quantitative estimate of drug-likeness (QED) is 0.639. The zero-order chi connectivity index (χ0) is 18.9. The first kappa shape index (κ1) is 17.6. The maximum Gasteiger partial charge on any atom is 0.333 e. The van der Waals surface area contributed by atoms with Gasteiger partial charge in [-0.05, 0) is 31.0 Å². The molecule has 1 saturated heterocycles. The third-order valence-electron chi connectivity index (χ3n) is 4.64. The third-order valence-corrected chi connectivity index (χ3v) is 4.64. The van der Waals surface area contributed by atoms with Gasteiger partial charge in [-0.3, -0.25) is 19.9 Å². The zero-order valence-electron chi connectivity index (χ0n) is 14.0. The number of benzene rings is 1. The molecular weight excluding hydrogens is 342 g/mol. The van der Waals surface area contributed by atoms with Gasteiger partial charge in [-0.2, -0.15) is 0 Å². The summed E-state index contributed by atoms with van der Waals surface area (Å²) in [4.78, 5) is 39.8. The second-order valence-electron chi connectivity index (χ2n) is 6.14. The van der Waals surface area contributed by atoms with Crippen LogP contribution in [0, 0.1) is 10.1 Å². The van der Waals surface area contributed by atoms with E-state index in [4.69, 9.17) is 4.74 Å². The van der Waals surface area contributed by atoms with Crippen LogP contribution in [0.3, 0.4) is 0 Å². The summed E-state index contributed by atoms with van der Waals surface area (Å²) in [7, 11) is 0. The second-order valence-corrected chi connectivity index (χ2v) is 6.14. The number of amides is 1. The molecule has 0 bridgehead atoms. The van der Waals surface area contributed by atoms with Crippen molar-refractivity contribution in [2.45, 2.75) is 25.3 Å². The number of aromatic nitrogens is 1. The van der Waals surface area contributed by atoms with Crippen molar-refractivity contribution in [3.63, 3.8) is 0 Å². The molecular formula is C17H17N3O6. The van der Waals surface area contributed by atoms with E-state index < -0.39 is 16.4 Å². The Bertz CT molecular complexity index is 899. The highest BCUT2D eigenvalue weighted by Crippen LogP contribution is 2.34. The molecule has 0 saturated carbocycles. The Balaban J connectivity index is 1.97. The van der Waals surface area contributed by atoms with E-state index in [0.717, 1.165) is 0 Å². The van der Waals surface area contributed by atoms with E-state index in [9.17, 15) is 24.8 Å². The number of pyridine rings is 1. The van der Waals surface area contributed by atoms with E-state index in [1.54, 1.807) is 12.1 Å². The van der Waals surface area contributed by atoms with Gasteiger partial charge >= 0.3 is 5.97 Å². The van der Waals surface area contributed by atoms with E-state index in [0.29, 0.717) is 18.4 Å². The van der Waals surface area contributed by atoms with Crippen LogP contribution in [0.15, 0.2) is 30.5 Å². The molecule has 9 heteroatoms. The van der Waals surface area contributed by atoms with Gasteiger partial charge in [0.25, 0.3) is 5.69 Å². The van der Waals surface area contributed by atoms with Crippen LogP contribution in [0.25, 0.3) is 10.9 Å². The lowest BCUT2D eigenvalue weighted by Crippen LogP contribution is -2.56. The Morgan fingerprint density at radius 1 is 1.42 bits per heavy atom. The van der Waals surface area contributed by atoms with Crippen molar-refractivity contribution in [1.82, 2.24) is 9.88 Å². The molecule has 1 aromatic carbocycles. The SMILES string of the molecule is CC(=O)N1CCC[C@]1(COc1ccc([N+](=O)[O-])c2cccnc12)C(=O)O. The number of nitrogens with zero attached hydrogens (tertiary/aromatic N) is 3. The van der Waals surface area contributed by atoms with Crippen molar-refractivity contribution in [3.05, 3.63) is 40.6 Å². The summed E-state index contributed by atoms with van der Waals surface area (Å²) in [6.45, 7) is 1.42. The number of ether oxygens (including phenoxy) is 1. The van der Waals surface area contributed by atoms with Crippen LogP contribution in [-0.2, 0) is 9.59 Å². The normalized spacial score (nSPS) is 19.5. The first-order chi connectivity index (χ1) is 12.4. The number of rotatable bonds is 5. The van der Waals surface area contributed by atoms with Gasteiger partial charge in [-0.1, -0.05) is 0 Å². The van der Waals surface area contributed by atoms with Gasteiger partial charge in [0.1, 0.15) is 17.9 Å². The second kappa shape index (κ2) is 6.58. The average molecular weight is 359 g/mol. The fraction of sp³-hybridized carbons (Fsp3) is 0.353. The van der Waals surface area contributed by atoms with Crippen molar-refractivity contribution in [1.29, 1.82) is 0 Å². The highest BCUT2D eigenvalue weighted by Gasteiger charge is 2.50. The molecule has 1 aliphatic rings. The standard InChI is InChI=1S/C17H17N3O6/c1-11(21)19-9-3-7-17(19,16(22)23)10-26-14-6-5-13(20(24)25)12-4-2-8-18-15(12)14/h2,4-6,8H,3,7,9-10H2,1H3,(H,22,23)/t17-/m0/s1. The summed E-state index contributed by atoms with van der Waals surface area (Å²) in [5.41, 5.74) is -1.29. The van der Waals surface area contributed by atoms with Gasteiger partial charge in [0.2, 0.25) is 5.91 Å². The number of hydrogen-bond acceptors (Lipinski definition) is 6. The highest BCUT2D eigenvalue weighted by molar-refractivity contribution is 5.92. The van der Waals surface area contributed by atoms with Crippen molar-refractivity contribution in [2.24, 2.45) is 0 Å². The third kappa shape index (κ3) is 2.81. The molecule has 0 aliphatic carbocycles. The van der Waals surface area contributed by atoms with Crippen LogP contribution in [-0.4, -0.2) is 50.5 Å². The maximum absolute atomic E-state index is 11.9. The fourth-order valence-corrected chi connectivity index (χ4v) is 3.38. The molecule has 1 aliphatic heterocycles. The number of likely N-dealkylation sites (tertiary alicyclic amines) is 1. The Kier molecular flexibility index (Phi) is 4.45. The molecule has 1 aromatic heterocycles. The number of carboxylic acids is 1. The minimum Gasteiger partial charge on any atom is -0.488 e. The van der Waals surface area contributed by atoms with Gasteiger partial charge < -0.3 is 14.7 Å². The van der Waals surface area contributed by atoms with Gasteiger partial charge in [0.15, 0.2) is 5.54 Å². The van der Waals surface area contributed by atoms with Crippen LogP contribution < -0.4 is 4.74 Å². The van der Waals surface area contributed by atoms with E-state index in [2.05, 4.69) is 4.98 Å². The lowest BCUT2D eigenvalue weighted by atomic mass is 9.97. The van der Waals surface area contributed by atoms with Crippen LogP contribution in [0.4, 0.5) is 5.69 Å². The number of carbonyl (C=O) groups is 2. The first-order valence-corrected chi connectivity index (χ1v) is 8.03. The minimum atomic E-state index is -1.45. The lowest BCUT2D eigenvalue weighted by Gasteiger charge is -2.33. The predicted molar refractivity (Wildman–Crippen MR) is 90.9 cm³/mol. The number of nitro groups is 1. The summed E-state index contributed by atoms with van der Waals surface area (Å²) in [6, 6.07) is 5.82. The fourth-order valence-electron chi connectivity index (χ4n) is 3.38. The predicted octanol–water partition coefficient (Wildman–Crippen LogP) is 1.99. The van der Waals surface area contributed by atoms with Gasteiger partial charge in [-0.15, -0.1) is 0 Å². The van der Waals surface area contributed by atoms with Crippen molar-refractivity contribution >= 4 is 28.5 Å². The molecule has 1 N–H and O–H groups in total. The Labute approximate surface area is 148 Å². The summed E-state index contributed by atoms with van der Waals surface area (Å²) in [5.74, 6) is -1.23. The van der Waals surface area contributed by atoms with E-state index in [1.165, 1.54) is 30.2 Å². The van der Waals surface area contributed by atoms with Gasteiger partial charge in [0, 0.05) is 25.7 Å². The molecule has 1 amide bonds. The smallest absolute Gasteiger partial charge is 0.333 e. The van der Waals surface area contributed by atoms with Crippen molar-refractivity contribution in [2.75, 3.05) is 13.2 Å². The van der Waals surface area contributed by atoms with Crippen LogP contribution in [0.5, 0.6) is 5.75 Å². The topological polar surface area (TPSA) is 123 Å². The number of non-ortho nitro benzene ring substituents is 1. The minimum absolute atomic E-state index is 0.111. The van der Waals surface area contributed by atoms with Gasteiger partial charge in [-0.25, -0.2) is 4.79 Å². The van der Waals surface area contributed by atoms with Crippen LogP contribution in [0.1, 0.15) is 19.8 Å². The maximum atomic E-state index is 11.9. The van der Waals surface area contributed by atoms with Crippen LogP contribution >= 0.6 is 0 Å². The summed E-state index contributed by atoms with van der Waals surface area (Å²) in [5, 5.41) is 21.2. The molecule has 3 rings (SSSR count). The van der Waals surface area contributed by atoms with Crippen molar-refractivity contribution in [3.8, 4) is 5.75 Å². The molecule has 1 fully saturated rings. The summed E-state index contributed by atoms with van der Waals surface area (Å²) in [6.07, 6.45) is 2.32. The number of aliphatic carboxylic acids is 1. The van der Waals surface area contributed by atoms with Crippen LogP contribution in [0.2, 0.25) is 0 Å². The average Bonchev–Trinajstić information content (AvgIpc) is 3.05. The monoisotopic (exact) mass is 359 g/mol. The lowest BCUT2D eigenvalue weighted by molar-refractivity contribution is -0.383. The molecule has 1 atom stereocenters. The van der Waals surface area contributed by atoms with Crippen molar-refractivity contribution < 1.29 is 24.4 Å². The number of carbonyl (C=O) groups excluding carboxylic acids is 1. The first-order valence-electron chi connectivity index (χ1n) is 8.03. The Hall–Kier alpha value is -3.23. The Morgan fingerprint density at radius 3 is 2.85 bits per heavy atom.